The number of Topliss-reactive ketones (excluding diaryl/α,β-unsaturated/α-hetero) is 1. The second-order valence-electron chi connectivity index (χ2n) is 4.63. The molecule has 1 aromatic carbocycles. The summed E-state index contributed by atoms with van der Waals surface area (Å²) in [5.41, 5.74) is 4.68. The van der Waals surface area contributed by atoms with E-state index >= 15 is 0 Å². The fraction of sp³-hybridized carbons (Fsp3) is 0.357. The average molecular weight is 213 g/mol. The third-order valence-electron chi connectivity index (χ3n) is 3.63. The van der Waals surface area contributed by atoms with E-state index in [2.05, 4.69) is 30.7 Å². The van der Waals surface area contributed by atoms with E-state index in [0.29, 0.717) is 12.2 Å². The van der Waals surface area contributed by atoms with Gasteiger partial charge in [-0.05, 0) is 25.3 Å². The van der Waals surface area contributed by atoms with Gasteiger partial charge in [-0.25, -0.2) is 0 Å². The Labute approximate surface area is 94.9 Å². The van der Waals surface area contributed by atoms with E-state index in [9.17, 15) is 4.79 Å². The standard InChI is InChI=1S/C14H15NO/c1-9-5-3-6-10-13-11(15(2)14(9)10)7-4-8-12(13)16/h3,5-6H,4,7-8H2,1-2H3. The maximum absolute atomic E-state index is 12.0. The lowest BCUT2D eigenvalue weighted by Crippen LogP contribution is -2.11. The number of benzene rings is 1. The number of para-hydroxylation sites is 1. The van der Waals surface area contributed by atoms with Crippen molar-refractivity contribution in [3.8, 4) is 0 Å². The van der Waals surface area contributed by atoms with Gasteiger partial charge in [0.2, 0.25) is 0 Å². The monoisotopic (exact) mass is 213 g/mol. The molecule has 0 saturated heterocycles. The highest BCUT2D eigenvalue weighted by Crippen LogP contribution is 2.32. The Morgan fingerprint density at radius 2 is 2.06 bits per heavy atom. The molecule has 1 aliphatic carbocycles. The Morgan fingerprint density at radius 3 is 2.88 bits per heavy atom. The second-order valence-corrected chi connectivity index (χ2v) is 4.63. The first-order valence-electron chi connectivity index (χ1n) is 5.80. The first-order chi connectivity index (χ1) is 7.70. The number of aryl methyl sites for hydroxylation is 2. The minimum Gasteiger partial charge on any atom is -0.347 e. The van der Waals surface area contributed by atoms with Crippen LogP contribution in [-0.4, -0.2) is 10.4 Å². The number of nitrogens with zero attached hydrogens (tertiary/aromatic N) is 1. The molecule has 16 heavy (non-hydrogen) atoms. The predicted molar refractivity (Wildman–Crippen MR) is 64.9 cm³/mol. The number of aromatic nitrogens is 1. The number of hydrogen-bond acceptors (Lipinski definition) is 1. The number of rotatable bonds is 0. The zero-order valence-corrected chi connectivity index (χ0v) is 9.71. The van der Waals surface area contributed by atoms with Gasteiger partial charge in [0.1, 0.15) is 0 Å². The van der Waals surface area contributed by atoms with E-state index in [0.717, 1.165) is 23.8 Å². The molecule has 0 fully saturated rings. The van der Waals surface area contributed by atoms with Crippen LogP contribution in [0.2, 0.25) is 0 Å². The summed E-state index contributed by atoms with van der Waals surface area (Å²) in [6, 6.07) is 6.22. The van der Waals surface area contributed by atoms with Crippen molar-refractivity contribution in [2.24, 2.45) is 7.05 Å². The highest BCUT2D eigenvalue weighted by atomic mass is 16.1. The van der Waals surface area contributed by atoms with E-state index in [1.54, 1.807) is 0 Å². The Morgan fingerprint density at radius 1 is 1.25 bits per heavy atom. The lowest BCUT2D eigenvalue weighted by Gasteiger charge is -2.12. The summed E-state index contributed by atoms with van der Waals surface area (Å²) in [6.45, 7) is 2.11. The molecule has 0 amide bonds. The molecule has 3 rings (SSSR count). The zero-order valence-electron chi connectivity index (χ0n) is 9.71. The lowest BCUT2D eigenvalue weighted by atomic mass is 9.94. The summed E-state index contributed by atoms with van der Waals surface area (Å²) in [5.74, 6) is 0.317. The molecule has 1 aliphatic rings. The van der Waals surface area contributed by atoms with Crippen LogP contribution in [0.15, 0.2) is 18.2 Å². The number of hydrogen-bond donors (Lipinski definition) is 0. The highest BCUT2D eigenvalue weighted by molar-refractivity contribution is 6.10. The predicted octanol–water partition coefficient (Wildman–Crippen LogP) is 3.01. The molecule has 2 nitrogen and oxygen atoms in total. The number of carbonyl (C=O) groups excluding carboxylic acids is 1. The van der Waals surface area contributed by atoms with Gasteiger partial charge < -0.3 is 4.57 Å². The minimum absolute atomic E-state index is 0.317. The molecule has 0 aliphatic heterocycles. The molecular weight excluding hydrogens is 198 g/mol. The van der Waals surface area contributed by atoms with Gasteiger partial charge in [-0.2, -0.15) is 0 Å². The topological polar surface area (TPSA) is 22.0 Å². The van der Waals surface area contributed by atoms with Crippen LogP contribution < -0.4 is 0 Å². The molecule has 0 saturated carbocycles. The molecule has 0 atom stereocenters. The Balaban J connectivity index is 2.49. The zero-order chi connectivity index (χ0) is 11.3. The van der Waals surface area contributed by atoms with Crippen LogP contribution in [0.25, 0.3) is 10.9 Å². The van der Waals surface area contributed by atoms with Crippen molar-refractivity contribution >= 4 is 16.7 Å². The van der Waals surface area contributed by atoms with Crippen molar-refractivity contribution in [1.29, 1.82) is 0 Å². The quantitative estimate of drug-likeness (QED) is 0.659. The summed E-state index contributed by atoms with van der Waals surface area (Å²) in [4.78, 5) is 12.0. The van der Waals surface area contributed by atoms with Gasteiger partial charge in [0, 0.05) is 30.1 Å². The molecule has 1 heterocycles. The number of carbonyl (C=O) groups is 1. The maximum atomic E-state index is 12.0. The van der Waals surface area contributed by atoms with Crippen LogP contribution in [0.3, 0.4) is 0 Å². The summed E-state index contributed by atoms with van der Waals surface area (Å²) in [7, 11) is 2.08. The van der Waals surface area contributed by atoms with Gasteiger partial charge in [-0.15, -0.1) is 0 Å². The molecular formula is C14H15NO. The minimum atomic E-state index is 0.317. The van der Waals surface area contributed by atoms with E-state index < -0.39 is 0 Å². The molecule has 1 aromatic heterocycles. The first kappa shape index (κ1) is 9.64. The van der Waals surface area contributed by atoms with Gasteiger partial charge in [-0.1, -0.05) is 18.2 Å². The summed E-state index contributed by atoms with van der Waals surface area (Å²) in [6.07, 6.45) is 2.74. The van der Waals surface area contributed by atoms with Crippen LogP contribution >= 0.6 is 0 Å². The molecule has 0 spiro atoms. The molecule has 0 N–H and O–H groups in total. The Hall–Kier alpha value is -1.57. The molecule has 82 valence electrons. The number of ketones is 1. The molecule has 2 heteroatoms. The lowest BCUT2D eigenvalue weighted by molar-refractivity contribution is 0.0973. The van der Waals surface area contributed by atoms with Gasteiger partial charge in [-0.3, -0.25) is 4.79 Å². The summed E-state index contributed by atoms with van der Waals surface area (Å²) < 4.78 is 2.21. The van der Waals surface area contributed by atoms with Crippen LogP contribution in [-0.2, 0) is 13.5 Å². The smallest absolute Gasteiger partial charge is 0.165 e. The van der Waals surface area contributed by atoms with E-state index in [-0.39, 0.29) is 0 Å². The third-order valence-corrected chi connectivity index (χ3v) is 3.63. The molecule has 2 aromatic rings. The first-order valence-corrected chi connectivity index (χ1v) is 5.80. The van der Waals surface area contributed by atoms with Crippen LogP contribution in [0.4, 0.5) is 0 Å². The fourth-order valence-electron chi connectivity index (χ4n) is 2.91. The van der Waals surface area contributed by atoms with Crippen molar-refractivity contribution in [3.63, 3.8) is 0 Å². The van der Waals surface area contributed by atoms with Crippen LogP contribution in [0.5, 0.6) is 0 Å². The second kappa shape index (κ2) is 3.21. The van der Waals surface area contributed by atoms with Gasteiger partial charge in [0.15, 0.2) is 5.78 Å². The van der Waals surface area contributed by atoms with Crippen molar-refractivity contribution in [3.05, 3.63) is 35.0 Å². The Kier molecular flexibility index (Phi) is 1.93. The average Bonchev–Trinajstić information content (AvgIpc) is 2.56. The number of fused-ring (bicyclic) bond motifs is 3. The van der Waals surface area contributed by atoms with Crippen molar-refractivity contribution in [2.45, 2.75) is 26.2 Å². The molecule has 0 radical (unpaired) electrons. The van der Waals surface area contributed by atoms with E-state index in [1.807, 2.05) is 6.07 Å². The van der Waals surface area contributed by atoms with Crippen molar-refractivity contribution < 1.29 is 4.79 Å². The summed E-state index contributed by atoms with van der Waals surface area (Å²) >= 11 is 0. The van der Waals surface area contributed by atoms with Crippen molar-refractivity contribution in [2.75, 3.05) is 0 Å². The van der Waals surface area contributed by atoms with Crippen molar-refractivity contribution in [1.82, 2.24) is 4.57 Å². The largest absolute Gasteiger partial charge is 0.347 e. The van der Waals surface area contributed by atoms with E-state index in [1.165, 1.54) is 16.8 Å². The van der Waals surface area contributed by atoms with Crippen LogP contribution in [0.1, 0.15) is 34.5 Å². The van der Waals surface area contributed by atoms with Gasteiger partial charge in [0.25, 0.3) is 0 Å². The molecule has 0 bridgehead atoms. The Bertz CT molecular complexity index is 592. The summed E-state index contributed by atoms with van der Waals surface area (Å²) in [5, 5.41) is 1.14. The maximum Gasteiger partial charge on any atom is 0.165 e. The normalized spacial score (nSPS) is 15.5. The SMILES string of the molecule is Cc1cccc2c3c(n(C)c12)CCCC3=O. The third kappa shape index (κ3) is 1.10. The van der Waals surface area contributed by atoms with Gasteiger partial charge in [0.05, 0.1) is 5.52 Å². The van der Waals surface area contributed by atoms with Gasteiger partial charge >= 0.3 is 0 Å². The van der Waals surface area contributed by atoms with E-state index in [4.69, 9.17) is 0 Å². The fourth-order valence-corrected chi connectivity index (χ4v) is 2.91. The highest BCUT2D eigenvalue weighted by Gasteiger charge is 2.24. The van der Waals surface area contributed by atoms with Crippen LogP contribution in [0, 0.1) is 6.92 Å². The molecule has 0 unspecified atom stereocenters.